The fourth-order valence-corrected chi connectivity index (χ4v) is 2.35. The van der Waals surface area contributed by atoms with Gasteiger partial charge in [-0.2, -0.15) is 0 Å². The number of hydrogen-bond acceptors (Lipinski definition) is 3. The maximum atomic E-state index is 5.77. The molecule has 2 aliphatic rings. The Morgan fingerprint density at radius 1 is 1.44 bits per heavy atom. The van der Waals surface area contributed by atoms with E-state index in [2.05, 4.69) is 15.2 Å². The van der Waals surface area contributed by atoms with Crippen LogP contribution < -0.4 is 11.1 Å². The number of rotatable bonds is 6. The second kappa shape index (κ2) is 8.16. The van der Waals surface area contributed by atoms with Gasteiger partial charge < -0.3 is 20.7 Å². The highest BCUT2D eigenvalue weighted by Crippen LogP contribution is 2.31. The van der Waals surface area contributed by atoms with Crippen LogP contribution in [0.25, 0.3) is 0 Å². The molecule has 0 radical (unpaired) electrons. The highest BCUT2D eigenvalue weighted by molar-refractivity contribution is 14.0. The smallest absolute Gasteiger partial charge is 0.188 e. The van der Waals surface area contributed by atoms with E-state index in [4.69, 9.17) is 10.5 Å². The van der Waals surface area contributed by atoms with E-state index in [0.29, 0.717) is 18.5 Å². The molecule has 5 nitrogen and oxygen atoms in total. The Hall–Kier alpha value is -0.0800. The molecule has 0 aromatic rings. The van der Waals surface area contributed by atoms with Crippen LogP contribution in [0.3, 0.4) is 0 Å². The molecule has 0 amide bonds. The predicted molar refractivity (Wildman–Crippen MR) is 84.5 cm³/mol. The van der Waals surface area contributed by atoms with E-state index < -0.39 is 0 Å². The van der Waals surface area contributed by atoms with Crippen LogP contribution in [0.4, 0.5) is 0 Å². The second-order valence-electron chi connectivity index (χ2n) is 5.03. The summed E-state index contributed by atoms with van der Waals surface area (Å²) < 4.78 is 4.94. The van der Waals surface area contributed by atoms with Crippen molar-refractivity contribution in [2.75, 3.05) is 39.9 Å². The monoisotopic (exact) mass is 368 g/mol. The molecule has 106 valence electrons. The van der Waals surface area contributed by atoms with Crippen LogP contribution in [0.2, 0.25) is 0 Å². The van der Waals surface area contributed by atoms with E-state index in [0.717, 1.165) is 19.1 Å². The van der Waals surface area contributed by atoms with E-state index in [1.54, 1.807) is 7.11 Å². The van der Waals surface area contributed by atoms with Crippen molar-refractivity contribution in [3.05, 3.63) is 0 Å². The normalized spacial score (nSPS) is 24.9. The van der Waals surface area contributed by atoms with Crippen molar-refractivity contribution < 1.29 is 4.74 Å². The Bertz CT molecular complexity index is 271. The Morgan fingerprint density at radius 3 is 2.89 bits per heavy atom. The van der Waals surface area contributed by atoms with Crippen molar-refractivity contribution in [3.8, 4) is 0 Å². The van der Waals surface area contributed by atoms with Gasteiger partial charge in [-0.3, -0.25) is 4.99 Å². The summed E-state index contributed by atoms with van der Waals surface area (Å²) in [6, 6.07) is 0.890. The predicted octanol–water partition coefficient (Wildman–Crippen LogP) is 0.639. The lowest BCUT2D eigenvalue weighted by atomic mass is 10.1. The molecule has 1 aliphatic carbocycles. The quantitative estimate of drug-likeness (QED) is 0.313. The zero-order valence-corrected chi connectivity index (χ0v) is 13.4. The first-order valence-corrected chi connectivity index (χ1v) is 6.56. The summed E-state index contributed by atoms with van der Waals surface area (Å²) in [6.45, 7) is 4.70. The number of hydrogen-bond donors (Lipinski definition) is 2. The summed E-state index contributed by atoms with van der Waals surface area (Å²) in [7, 11) is 1.68. The van der Waals surface area contributed by atoms with Crippen LogP contribution >= 0.6 is 24.0 Å². The average Bonchev–Trinajstić information content (AvgIpc) is 3.07. The van der Waals surface area contributed by atoms with Gasteiger partial charge in [0, 0.05) is 32.8 Å². The third kappa shape index (κ3) is 5.27. The molecule has 1 aliphatic heterocycles. The van der Waals surface area contributed by atoms with Crippen LogP contribution in [0.5, 0.6) is 0 Å². The first-order chi connectivity index (χ1) is 8.29. The second-order valence-corrected chi connectivity index (χ2v) is 5.03. The molecule has 18 heavy (non-hydrogen) atoms. The number of nitrogens with zero attached hydrogens (tertiary/aromatic N) is 2. The number of nitrogens with one attached hydrogen (secondary N) is 1. The van der Waals surface area contributed by atoms with Gasteiger partial charge in [-0.25, -0.2) is 0 Å². The Labute approximate surface area is 127 Å². The fraction of sp³-hybridized carbons (Fsp3) is 0.917. The number of likely N-dealkylation sites (tertiary alicyclic amines) is 1. The van der Waals surface area contributed by atoms with Gasteiger partial charge in [0.15, 0.2) is 5.96 Å². The first kappa shape index (κ1) is 16.0. The van der Waals surface area contributed by atoms with Gasteiger partial charge in [0.1, 0.15) is 0 Å². The van der Waals surface area contributed by atoms with Crippen molar-refractivity contribution in [3.63, 3.8) is 0 Å². The van der Waals surface area contributed by atoms with Crippen LogP contribution in [0, 0.1) is 5.92 Å². The van der Waals surface area contributed by atoms with Crippen molar-refractivity contribution in [2.45, 2.75) is 25.3 Å². The van der Waals surface area contributed by atoms with Crippen LogP contribution in [-0.4, -0.2) is 56.8 Å². The first-order valence-electron chi connectivity index (χ1n) is 6.56. The highest BCUT2D eigenvalue weighted by Gasteiger charge is 2.34. The zero-order valence-electron chi connectivity index (χ0n) is 11.1. The summed E-state index contributed by atoms with van der Waals surface area (Å²) in [6.07, 6.45) is 4.07. The topological polar surface area (TPSA) is 62.9 Å². The van der Waals surface area contributed by atoms with Gasteiger partial charge in [-0.1, -0.05) is 0 Å². The molecular formula is C12H25IN4O. The van der Waals surface area contributed by atoms with Crippen molar-refractivity contribution in [1.82, 2.24) is 10.2 Å². The molecule has 1 saturated heterocycles. The number of ether oxygens (including phenoxy) is 1. The summed E-state index contributed by atoms with van der Waals surface area (Å²) >= 11 is 0. The third-order valence-corrected chi connectivity index (χ3v) is 3.51. The molecule has 6 heteroatoms. The highest BCUT2D eigenvalue weighted by atomic mass is 127. The number of halogens is 1. The Balaban J connectivity index is 0.00000162. The van der Waals surface area contributed by atoms with Gasteiger partial charge in [0.2, 0.25) is 0 Å². The van der Waals surface area contributed by atoms with Crippen molar-refractivity contribution in [2.24, 2.45) is 16.6 Å². The standard InChI is InChI=1S/C12H24N4O.HI/c1-17-7-5-14-12(13)15-8-10-4-6-16(9-10)11-2-3-11;/h10-11H,2-9H2,1H3,(H3,13,14,15);1H. The Kier molecular flexibility index (Phi) is 7.25. The molecule has 1 heterocycles. The van der Waals surface area contributed by atoms with Gasteiger partial charge in [-0.15, -0.1) is 24.0 Å². The summed E-state index contributed by atoms with van der Waals surface area (Å²) in [4.78, 5) is 7.00. The summed E-state index contributed by atoms with van der Waals surface area (Å²) in [5.74, 6) is 1.24. The van der Waals surface area contributed by atoms with Crippen LogP contribution in [0.15, 0.2) is 4.99 Å². The van der Waals surface area contributed by atoms with Gasteiger partial charge in [0.05, 0.1) is 6.61 Å². The molecular weight excluding hydrogens is 343 g/mol. The molecule has 3 N–H and O–H groups in total. The molecule has 1 saturated carbocycles. The third-order valence-electron chi connectivity index (χ3n) is 3.51. The lowest BCUT2D eigenvalue weighted by Crippen LogP contribution is -2.34. The van der Waals surface area contributed by atoms with Gasteiger partial charge in [-0.05, 0) is 31.7 Å². The molecule has 1 atom stereocenters. The van der Waals surface area contributed by atoms with E-state index in [1.165, 1.54) is 32.4 Å². The van der Waals surface area contributed by atoms with E-state index in [9.17, 15) is 0 Å². The molecule has 2 rings (SSSR count). The average molecular weight is 368 g/mol. The summed E-state index contributed by atoms with van der Waals surface area (Å²) in [5.41, 5.74) is 5.77. The molecule has 2 fully saturated rings. The lowest BCUT2D eigenvalue weighted by molar-refractivity contribution is 0.204. The Morgan fingerprint density at radius 2 is 2.22 bits per heavy atom. The molecule has 0 spiro atoms. The van der Waals surface area contributed by atoms with E-state index >= 15 is 0 Å². The summed E-state index contributed by atoms with van der Waals surface area (Å²) in [5, 5.41) is 3.04. The molecule has 0 bridgehead atoms. The number of methoxy groups -OCH3 is 1. The minimum Gasteiger partial charge on any atom is -0.383 e. The lowest BCUT2D eigenvalue weighted by Gasteiger charge is -2.13. The van der Waals surface area contributed by atoms with Crippen molar-refractivity contribution in [1.29, 1.82) is 0 Å². The van der Waals surface area contributed by atoms with Crippen LogP contribution in [0.1, 0.15) is 19.3 Å². The van der Waals surface area contributed by atoms with E-state index in [-0.39, 0.29) is 24.0 Å². The zero-order chi connectivity index (χ0) is 12.1. The van der Waals surface area contributed by atoms with Gasteiger partial charge in [0.25, 0.3) is 0 Å². The van der Waals surface area contributed by atoms with E-state index in [1.807, 2.05) is 0 Å². The van der Waals surface area contributed by atoms with Crippen molar-refractivity contribution >= 4 is 29.9 Å². The SMILES string of the molecule is COCCNC(N)=NCC1CCN(C2CC2)C1.I. The maximum Gasteiger partial charge on any atom is 0.188 e. The van der Waals surface area contributed by atoms with Crippen LogP contribution in [-0.2, 0) is 4.74 Å². The minimum absolute atomic E-state index is 0. The van der Waals surface area contributed by atoms with Gasteiger partial charge >= 0.3 is 0 Å². The fourth-order valence-electron chi connectivity index (χ4n) is 2.35. The molecule has 0 aromatic carbocycles. The number of aliphatic imine (C=N–C) groups is 1. The minimum atomic E-state index is 0. The number of nitrogens with two attached hydrogens (primary N) is 1. The maximum absolute atomic E-state index is 5.77. The number of guanidine groups is 1. The molecule has 1 unspecified atom stereocenters. The molecule has 0 aromatic heterocycles. The largest absolute Gasteiger partial charge is 0.383 e.